The van der Waals surface area contributed by atoms with Crippen LogP contribution in [0.4, 0.5) is 0 Å². The summed E-state index contributed by atoms with van der Waals surface area (Å²) < 4.78 is 0. The molecular weight excluding hydrogens is 236 g/mol. The molecule has 1 aliphatic rings. The van der Waals surface area contributed by atoms with Gasteiger partial charge in [0.05, 0.1) is 10.7 Å². The Hall–Kier alpha value is -0.0600. The molecule has 1 saturated heterocycles. The standard InChI is InChI=1S/C12H20N2S2/c1-2-10-11(9-15)16-12(13-10)5-8-14-6-3-4-7-14/h15H,2-9H2,1H3. The second-order valence-corrected chi connectivity index (χ2v) is 5.77. The van der Waals surface area contributed by atoms with Gasteiger partial charge in [0.2, 0.25) is 0 Å². The van der Waals surface area contributed by atoms with E-state index in [1.807, 2.05) is 11.3 Å². The van der Waals surface area contributed by atoms with Gasteiger partial charge in [-0.15, -0.1) is 11.3 Å². The van der Waals surface area contributed by atoms with Crippen LogP contribution in [0.25, 0.3) is 0 Å². The molecule has 2 nitrogen and oxygen atoms in total. The summed E-state index contributed by atoms with van der Waals surface area (Å²) in [6, 6.07) is 0. The van der Waals surface area contributed by atoms with Crippen LogP contribution in [0.3, 0.4) is 0 Å². The molecule has 4 heteroatoms. The highest BCUT2D eigenvalue weighted by Gasteiger charge is 2.13. The third-order valence-electron chi connectivity index (χ3n) is 3.14. The first-order valence-electron chi connectivity index (χ1n) is 6.14. The van der Waals surface area contributed by atoms with Crippen LogP contribution in [-0.4, -0.2) is 29.5 Å². The van der Waals surface area contributed by atoms with Crippen molar-refractivity contribution in [2.24, 2.45) is 0 Å². The number of rotatable bonds is 5. The number of thiol groups is 1. The topological polar surface area (TPSA) is 16.1 Å². The smallest absolute Gasteiger partial charge is 0.0944 e. The Morgan fingerprint density at radius 2 is 2.12 bits per heavy atom. The van der Waals surface area contributed by atoms with Crippen molar-refractivity contribution in [2.45, 2.75) is 38.4 Å². The zero-order valence-corrected chi connectivity index (χ0v) is 11.6. The van der Waals surface area contributed by atoms with Crippen molar-refractivity contribution < 1.29 is 0 Å². The molecule has 16 heavy (non-hydrogen) atoms. The number of hydrogen-bond acceptors (Lipinski definition) is 4. The van der Waals surface area contributed by atoms with Crippen molar-refractivity contribution in [1.82, 2.24) is 9.88 Å². The molecule has 1 fully saturated rings. The fourth-order valence-corrected chi connectivity index (χ4v) is 3.59. The SMILES string of the molecule is CCc1nc(CCN2CCCC2)sc1CS. The van der Waals surface area contributed by atoms with Crippen molar-refractivity contribution in [1.29, 1.82) is 0 Å². The van der Waals surface area contributed by atoms with Gasteiger partial charge in [-0.2, -0.15) is 12.6 Å². The lowest BCUT2D eigenvalue weighted by Gasteiger charge is -2.12. The van der Waals surface area contributed by atoms with Crippen LogP contribution in [0.15, 0.2) is 0 Å². The van der Waals surface area contributed by atoms with Gasteiger partial charge in [0.15, 0.2) is 0 Å². The quantitative estimate of drug-likeness (QED) is 0.816. The second kappa shape index (κ2) is 6.03. The fraction of sp³-hybridized carbons (Fsp3) is 0.750. The van der Waals surface area contributed by atoms with Crippen molar-refractivity contribution >= 4 is 24.0 Å². The van der Waals surface area contributed by atoms with Gasteiger partial charge in [0.1, 0.15) is 0 Å². The Balaban J connectivity index is 1.90. The molecule has 0 unspecified atom stereocenters. The molecule has 0 N–H and O–H groups in total. The maximum absolute atomic E-state index is 4.70. The third-order valence-corrected chi connectivity index (χ3v) is 4.83. The van der Waals surface area contributed by atoms with Gasteiger partial charge < -0.3 is 4.90 Å². The Labute approximate surface area is 107 Å². The number of aryl methyl sites for hydroxylation is 1. The first-order chi connectivity index (χ1) is 7.83. The molecule has 0 aromatic carbocycles. The monoisotopic (exact) mass is 256 g/mol. The van der Waals surface area contributed by atoms with Crippen LogP contribution in [0, 0.1) is 0 Å². The summed E-state index contributed by atoms with van der Waals surface area (Å²) in [6.45, 7) is 5.92. The predicted molar refractivity (Wildman–Crippen MR) is 73.6 cm³/mol. The van der Waals surface area contributed by atoms with Gasteiger partial charge in [-0.3, -0.25) is 0 Å². The number of nitrogens with zero attached hydrogens (tertiary/aromatic N) is 2. The Bertz CT molecular complexity index is 308. The maximum Gasteiger partial charge on any atom is 0.0944 e. The van der Waals surface area contributed by atoms with Gasteiger partial charge in [-0.05, 0) is 32.4 Å². The second-order valence-electron chi connectivity index (χ2n) is 4.29. The van der Waals surface area contributed by atoms with Crippen molar-refractivity contribution in [3.8, 4) is 0 Å². The molecule has 2 rings (SSSR count). The molecule has 0 saturated carbocycles. The third kappa shape index (κ3) is 2.99. The highest BCUT2D eigenvalue weighted by Crippen LogP contribution is 2.22. The summed E-state index contributed by atoms with van der Waals surface area (Å²) in [6.07, 6.45) is 4.90. The average Bonchev–Trinajstić information content (AvgIpc) is 2.95. The number of hydrogen-bond donors (Lipinski definition) is 1. The van der Waals surface area contributed by atoms with Crippen LogP contribution in [-0.2, 0) is 18.6 Å². The molecule has 1 aromatic heterocycles. The van der Waals surface area contributed by atoms with E-state index in [0.29, 0.717) is 0 Å². The molecule has 0 spiro atoms. The number of likely N-dealkylation sites (tertiary alicyclic amines) is 1. The predicted octanol–water partition coefficient (Wildman–Crippen LogP) is 2.77. The van der Waals surface area contributed by atoms with Crippen molar-refractivity contribution in [3.63, 3.8) is 0 Å². The highest BCUT2D eigenvalue weighted by atomic mass is 32.1. The van der Waals surface area contributed by atoms with E-state index in [2.05, 4.69) is 24.5 Å². The highest BCUT2D eigenvalue weighted by molar-refractivity contribution is 7.79. The Morgan fingerprint density at radius 1 is 1.38 bits per heavy atom. The van der Waals surface area contributed by atoms with Gasteiger partial charge in [0, 0.05) is 23.6 Å². The van der Waals surface area contributed by atoms with E-state index in [9.17, 15) is 0 Å². The Kier molecular flexibility index (Phi) is 4.67. The fourth-order valence-electron chi connectivity index (χ4n) is 2.20. The molecule has 0 atom stereocenters. The van der Waals surface area contributed by atoms with E-state index >= 15 is 0 Å². The normalized spacial score (nSPS) is 17.1. The summed E-state index contributed by atoms with van der Waals surface area (Å²) in [5, 5.41) is 1.30. The molecule has 0 aliphatic carbocycles. The van der Waals surface area contributed by atoms with E-state index in [-0.39, 0.29) is 0 Å². The van der Waals surface area contributed by atoms with Gasteiger partial charge >= 0.3 is 0 Å². The minimum atomic E-state index is 0.838. The molecule has 0 radical (unpaired) electrons. The maximum atomic E-state index is 4.70. The number of aromatic nitrogens is 1. The summed E-state index contributed by atoms with van der Waals surface area (Å²) in [5.74, 6) is 0.838. The van der Waals surface area contributed by atoms with Crippen molar-refractivity contribution in [3.05, 3.63) is 15.6 Å². The van der Waals surface area contributed by atoms with E-state index in [1.54, 1.807) is 0 Å². The zero-order valence-electron chi connectivity index (χ0n) is 9.91. The lowest BCUT2D eigenvalue weighted by atomic mass is 10.3. The minimum absolute atomic E-state index is 0.838. The molecular formula is C12H20N2S2. The van der Waals surface area contributed by atoms with Gasteiger partial charge in [-0.25, -0.2) is 4.98 Å². The summed E-state index contributed by atoms with van der Waals surface area (Å²) in [5.41, 5.74) is 1.26. The lowest BCUT2D eigenvalue weighted by Crippen LogP contribution is -2.21. The van der Waals surface area contributed by atoms with Gasteiger partial charge in [0.25, 0.3) is 0 Å². The van der Waals surface area contributed by atoms with Gasteiger partial charge in [-0.1, -0.05) is 6.92 Å². The van der Waals surface area contributed by atoms with E-state index in [4.69, 9.17) is 4.98 Å². The van der Waals surface area contributed by atoms with Crippen molar-refractivity contribution in [2.75, 3.05) is 19.6 Å². The average molecular weight is 256 g/mol. The van der Waals surface area contributed by atoms with Crippen LogP contribution in [0.5, 0.6) is 0 Å². The first kappa shape index (κ1) is 12.4. The largest absolute Gasteiger partial charge is 0.303 e. The number of thiazole rings is 1. The summed E-state index contributed by atoms with van der Waals surface area (Å²) in [4.78, 5) is 8.62. The van der Waals surface area contributed by atoms with E-state index in [1.165, 1.54) is 48.1 Å². The van der Waals surface area contributed by atoms with E-state index in [0.717, 1.165) is 18.6 Å². The summed E-state index contributed by atoms with van der Waals surface area (Å²) in [7, 11) is 0. The molecule has 0 amide bonds. The molecule has 1 aromatic rings. The van der Waals surface area contributed by atoms with Crippen LogP contribution >= 0.6 is 24.0 Å². The molecule has 90 valence electrons. The molecule has 0 bridgehead atoms. The molecule has 1 aliphatic heterocycles. The Morgan fingerprint density at radius 3 is 2.69 bits per heavy atom. The minimum Gasteiger partial charge on any atom is -0.303 e. The molecule has 2 heterocycles. The zero-order chi connectivity index (χ0) is 11.4. The van der Waals surface area contributed by atoms with Crippen LogP contribution in [0.2, 0.25) is 0 Å². The van der Waals surface area contributed by atoms with E-state index < -0.39 is 0 Å². The lowest BCUT2D eigenvalue weighted by molar-refractivity contribution is 0.343. The summed E-state index contributed by atoms with van der Waals surface area (Å²) >= 11 is 6.22. The van der Waals surface area contributed by atoms with Crippen LogP contribution in [0.1, 0.15) is 35.3 Å². The first-order valence-corrected chi connectivity index (χ1v) is 7.59. The van der Waals surface area contributed by atoms with Crippen LogP contribution < -0.4 is 0 Å².